The van der Waals surface area contributed by atoms with Crippen LogP contribution in [0.5, 0.6) is 0 Å². The van der Waals surface area contributed by atoms with Crippen molar-refractivity contribution in [2.75, 3.05) is 0 Å². The Hall–Kier alpha value is -12.9. The molecule has 20 rings (SSSR count). The first-order chi connectivity index (χ1) is 53.5. The highest BCUT2D eigenvalue weighted by molar-refractivity contribution is 5.92. The summed E-state index contributed by atoms with van der Waals surface area (Å²) in [6, 6.07) is 126. The number of rotatable bonds is 12. The molecule has 0 unspecified atom stereocenters. The molecule has 0 bridgehead atoms. The van der Waals surface area contributed by atoms with E-state index in [0.717, 1.165) is 72.3 Å². The van der Waals surface area contributed by atoms with Crippen LogP contribution in [0.1, 0.15) is 86.5 Å². The summed E-state index contributed by atoms with van der Waals surface area (Å²) in [5.74, 6) is 3.93. The minimum atomic E-state index is 0.100. The topological polar surface area (TPSA) is 77.3 Å². The molecule has 6 nitrogen and oxygen atoms in total. The average Bonchev–Trinajstić information content (AvgIpc) is 1.56. The number of nitrogens with zero attached hydrogens (tertiary/aromatic N) is 6. The molecule has 2 saturated carbocycles. The van der Waals surface area contributed by atoms with Gasteiger partial charge in [0.05, 0.1) is 0 Å². The van der Waals surface area contributed by atoms with Crippen LogP contribution in [0.15, 0.2) is 352 Å². The Morgan fingerprint density at radius 3 is 0.769 bits per heavy atom. The molecule has 2 spiro atoms. The van der Waals surface area contributed by atoms with Gasteiger partial charge in [-0.15, -0.1) is 0 Å². The molecule has 4 aliphatic rings. The first kappa shape index (κ1) is 65.8. The maximum Gasteiger partial charge on any atom is 0.164 e. The number of hydrogen-bond donors (Lipinski definition) is 0. The second-order valence-corrected chi connectivity index (χ2v) is 29.4. The monoisotopic (exact) mass is 1390 g/mol. The smallest absolute Gasteiger partial charge is 0.164 e. The number of aromatic nitrogens is 6. The summed E-state index contributed by atoms with van der Waals surface area (Å²) in [5.41, 5.74) is 32.3. The van der Waals surface area contributed by atoms with E-state index >= 15 is 0 Å². The Morgan fingerprint density at radius 1 is 0.157 bits per heavy atom. The van der Waals surface area contributed by atoms with Crippen LogP contribution in [-0.2, 0) is 10.8 Å². The average molecular weight is 1390 g/mol. The molecule has 516 valence electrons. The van der Waals surface area contributed by atoms with E-state index in [1.165, 1.54) is 137 Å². The standard InChI is InChI=1S/2C51H39N3/c1-4-15-35(16-5-1)39-19-12-21-41(33-39)49-52-48(38-17-6-2-7-18-38)53-50(54-49)42-22-13-20-40(34-42)36-27-29-37(30-28-36)43-24-14-25-45-44-23-8-9-26-46(44)51(47(43)45)31-10-3-11-32-51;1-4-15-35(16-5-1)40-20-13-22-42(34-40)50-53-48(37-17-6-2-7-18-37)52-49(54-50)38-29-27-36(28-30-38)39-19-12-21-41(33-39)43-24-14-25-45-44-23-8-9-26-46(44)51(47(43)45)31-10-3-11-32-51/h2*1-2,4-9,12-30,33-34H,3,10-11,31-32H2. The molecule has 0 amide bonds. The van der Waals surface area contributed by atoms with Crippen LogP contribution in [-0.4, -0.2) is 29.9 Å². The molecule has 2 aromatic heterocycles. The lowest BCUT2D eigenvalue weighted by Gasteiger charge is -2.37. The zero-order valence-electron chi connectivity index (χ0n) is 60.2. The van der Waals surface area contributed by atoms with Crippen LogP contribution in [0.2, 0.25) is 0 Å². The van der Waals surface area contributed by atoms with Gasteiger partial charge < -0.3 is 0 Å². The third-order valence-electron chi connectivity index (χ3n) is 23.1. The highest BCUT2D eigenvalue weighted by atomic mass is 15.0. The number of hydrogen-bond acceptors (Lipinski definition) is 6. The lowest BCUT2D eigenvalue weighted by Crippen LogP contribution is -2.28. The maximum atomic E-state index is 5.09. The van der Waals surface area contributed by atoms with Gasteiger partial charge in [0.25, 0.3) is 0 Å². The van der Waals surface area contributed by atoms with Gasteiger partial charge in [-0.1, -0.05) is 366 Å². The van der Waals surface area contributed by atoms with Crippen molar-refractivity contribution >= 4 is 0 Å². The molecule has 14 aromatic carbocycles. The number of fused-ring (bicyclic) bond motifs is 10. The maximum absolute atomic E-state index is 5.09. The van der Waals surface area contributed by atoms with Crippen molar-refractivity contribution in [2.24, 2.45) is 0 Å². The van der Waals surface area contributed by atoms with Crippen molar-refractivity contribution < 1.29 is 0 Å². The van der Waals surface area contributed by atoms with E-state index in [1.807, 2.05) is 48.5 Å². The normalized spacial score (nSPS) is 14.1. The van der Waals surface area contributed by atoms with E-state index in [2.05, 4.69) is 303 Å². The Balaban J connectivity index is 0.000000147. The molecule has 0 N–H and O–H groups in total. The van der Waals surface area contributed by atoms with Gasteiger partial charge in [0.15, 0.2) is 34.9 Å². The zero-order valence-corrected chi connectivity index (χ0v) is 60.2. The van der Waals surface area contributed by atoms with E-state index in [1.54, 1.807) is 0 Å². The summed E-state index contributed by atoms with van der Waals surface area (Å²) in [6.07, 6.45) is 12.7. The SMILES string of the molecule is c1ccc(-c2cccc(-c3nc(-c4ccccc4)nc(-c4ccc(-c5cccc(-c6cccc7c6C6(CCCCC6)c6ccccc6-7)c5)cc4)n3)c2)cc1.c1ccc(-c2cccc(-c3nc(-c4ccccc4)nc(-c4cccc(-c5ccc(-c6cccc7c6C6(CCCCC6)c6ccccc6-7)cc5)c4)n3)c2)cc1. The summed E-state index contributed by atoms with van der Waals surface area (Å²) >= 11 is 0. The largest absolute Gasteiger partial charge is 0.208 e. The summed E-state index contributed by atoms with van der Waals surface area (Å²) < 4.78 is 0. The van der Waals surface area contributed by atoms with E-state index in [-0.39, 0.29) is 10.8 Å². The summed E-state index contributed by atoms with van der Waals surface area (Å²) in [5, 5.41) is 0. The molecule has 4 aliphatic carbocycles. The minimum absolute atomic E-state index is 0.100. The molecule has 108 heavy (non-hydrogen) atoms. The van der Waals surface area contributed by atoms with E-state index in [4.69, 9.17) is 29.9 Å². The van der Waals surface area contributed by atoms with Gasteiger partial charge in [0.1, 0.15) is 0 Å². The predicted octanol–water partition coefficient (Wildman–Crippen LogP) is 26.2. The fourth-order valence-corrected chi connectivity index (χ4v) is 18.0. The summed E-state index contributed by atoms with van der Waals surface area (Å²) in [6.45, 7) is 0. The van der Waals surface area contributed by atoms with Crippen LogP contribution >= 0.6 is 0 Å². The van der Waals surface area contributed by atoms with Crippen LogP contribution < -0.4 is 0 Å². The lowest BCUT2D eigenvalue weighted by molar-refractivity contribution is 0.353. The molecular formula is C102H78N6. The second kappa shape index (κ2) is 28.5. The van der Waals surface area contributed by atoms with Crippen LogP contribution in [0, 0.1) is 0 Å². The van der Waals surface area contributed by atoms with Gasteiger partial charge in [0, 0.05) is 44.2 Å². The Morgan fingerprint density at radius 2 is 0.389 bits per heavy atom. The Labute approximate surface area is 632 Å². The van der Waals surface area contributed by atoms with E-state index < -0.39 is 0 Å². The first-order valence-electron chi connectivity index (χ1n) is 38.3. The second-order valence-electron chi connectivity index (χ2n) is 29.4. The fourth-order valence-electron chi connectivity index (χ4n) is 18.0. The van der Waals surface area contributed by atoms with Gasteiger partial charge in [-0.05, 0) is 161 Å². The van der Waals surface area contributed by atoms with Gasteiger partial charge >= 0.3 is 0 Å². The lowest BCUT2D eigenvalue weighted by atomic mass is 9.66. The Bertz CT molecular complexity index is 5980. The van der Waals surface area contributed by atoms with Crippen molar-refractivity contribution in [1.82, 2.24) is 29.9 Å². The van der Waals surface area contributed by atoms with Crippen molar-refractivity contribution in [3.8, 4) is 157 Å². The number of benzene rings is 14. The first-order valence-corrected chi connectivity index (χ1v) is 38.3. The zero-order chi connectivity index (χ0) is 71.8. The molecule has 2 heterocycles. The van der Waals surface area contributed by atoms with Crippen molar-refractivity contribution in [2.45, 2.75) is 75.0 Å². The predicted molar refractivity (Wildman–Crippen MR) is 443 cm³/mol. The Kier molecular flexibility index (Phi) is 17.4. The van der Waals surface area contributed by atoms with Gasteiger partial charge in [-0.3, -0.25) is 0 Å². The third kappa shape index (κ3) is 12.3. The third-order valence-corrected chi connectivity index (χ3v) is 23.1. The molecule has 16 aromatic rings. The van der Waals surface area contributed by atoms with Crippen molar-refractivity contribution in [3.63, 3.8) is 0 Å². The molecule has 2 fully saturated rings. The van der Waals surface area contributed by atoms with Crippen molar-refractivity contribution in [3.05, 3.63) is 374 Å². The van der Waals surface area contributed by atoms with Gasteiger partial charge in [-0.25, -0.2) is 29.9 Å². The van der Waals surface area contributed by atoms with Gasteiger partial charge in [0.2, 0.25) is 0 Å². The fraction of sp³-hybridized carbons (Fsp3) is 0.118. The highest BCUT2D eigenvalue weighted by Crippen LogP contribution is 2.60. The highest BCUT2D eigenvalue weighted by Gasteiger charge is 2.46. The van der Waals surface area contributed by atoms with Crippen LogP contribution in [0.3, 0.4) is 0 Å². The molecule has 0 radical (unpaired) electrons. The van der Waals surface area contributed by atoms with Crippen molar-refractivity contribution in [1.29, 1.82) is 0 Å². The molecule has 0 aliphatic heterocycles. The summed E-state index contributed by atoms with van der Waals surface area (Å²) in [4.78, 5) is 30.2. The van der Waals surface area contributed by atoms with Crippen LogP contribution in [0.25, 0.3) is 157 Å². The van der Waals surface area contributed by atoms with E-state index in [0.29, 0.717) is 34.9 Å². The van der Waals surface area contributed by atoms with Crippen LogP contribution in [0.4, 0.5) is 0 Å². The molecular weight excluding hydrogens is 1310 g/mol. The van der Waals surface area contributed by atoms with Gasteiger partial charge in [-0.2, -0.15) is 0 Å². The molecule has 0 atom stereocenters. The van der Waals surface area contributed by atoms with E-state index in [9.17, 15) is 0 Å². The minimum Gasteiger partial charge on any atom is -0.208 e. The molecule has 6 heteroatoms. The quantitative estimate of drug-likeness (QED) is 0.121. The summed E-state index contributed by atoms with van der Waals surface area (Å²) in [7, 11) is 0. The molecule has 0 saturated heterocycles.